The van der Waals surface area contributed by atoms with Gasteiger partial charge in [-0.05, 0) is 70.3 Å². The van der Waals surface area contributed by atoms with E-state index < -0.39 is 0 Å². The Labute approximate surface area is 130 Å². The van der Waals surface area contributed by atoms with E-state index in [4.69, 9.17) is 0 Å². The van der Waals surface area contributed by atoms with Crippen molar-refractivity contribution in [1.82, 2.24) is 10.2 Å². The summed E-state index contributed by atoms with van der Waals surface area (Å²) in [7, 11) is 0. The number of halogens is 2. The van der Waals surface area contributed by atoms with Gasteiger partial charge in [0.05, 0.1) is 3.79 Å². The molecule has 1 saturated heterocycles. The zero-order chi connectivity index (χ0) is 13.0. The third-order valence-corrected chi connectivity index (χ3v) is 6.59. The second-order valence-electron chi connectivity index (χ2n) is 4.81. The molecule has 1 aliphatic heterocycles. The molecule has 1 fully saturated rings. The van der Waals surface area contributed by atoms with Crippen LogP contribution in [-0.4, -0.2) is 30.6 Å². The van der Waals surface area contributed by atoms with E-state index in [0.717, 1.165) is 13.1 Å². The van der Waals surface area contributed by atoms with Crippen molar-refractivity contribution < 1.29 is 0 Å². The summed E-state index contributed by atoms with van der Waals surface area (Å²) in [5, 5.41) is 3.52. The minimum absolute atomic E-state index is 0.707. The minimum atomic E-state index is 0.707. The molecule has 1 aromatic heterocycles. The predicted molar refractivity (Wildman–Crippen MR) is 86.3 cm³/mol. The fourth-order valence-electron chi connectivity index (χ4n) is 2.49. The van der Waals surface area contributed by atoms with E-state index in [1.807, 2.05) is 11.3 Å². The highest BCUT2D eigenvalue weighted by Crippen LogP contribution is 2.33. The number of nitrogens with zero attached hydrogens (tertiary/aromatic N) is 1. The normalized spacial score (nSPS) is 20.6. The van der Waals surface area contributed by atoms with Gasteiger partial charge in [-0.2, -0.15) is 0 Å². The molecule has 0 spiro atoms. The summed E-state index contributed by atoms with van der Waals surface area (Å²) in [5.41, 5.74) is 0. The number of hydrogen-bond donors (Lipinski definition) is 1. The molecule has 1 N–H and O–H groups in total. The monoisotopic (exact) mass is 394 g/mol. The maximum absolute atomic E-state index is 3.58. The van der Waals surface area contributed by atoms with Crippen LogP contribution >= 0.6 is 43.2 Å². The van der Waals surface area contributed by atoms with Crippen LogP contribution in [0.1, 0.15) is 31.1 Å². The van der Waals surface area contributed by atoms with Crippen LogP contribution in [0.3, 0.4) is 0 Å². The fraction of sp³-hybridized carbons (Fsp3) is 0.692. The molecular weight excluding hydrogens is 376 g/mol. The summed E-state index contributed by atoms with van der Waals surface area (Å²) in [6.07, 6.45) is 3.87. The molecule has 18 heavy (non-hydrogen) atoms. The molecule has 0 saturated carbocycles. The number of piperidine rings is 1. The van der Waals surface area contributed by atoms with Crippen molar-refractivity contribution in [3.63, 3.8) is 0 Å². The van der Waals surface area contributed by atoms with Crippen LogP contribution in [0.25, 0.3) is 0 Å². The van der Waals surface area contributed by atoms with Crippen molar-refractivity contribution in [2.45, 2.75) is 38.8 Å². The Morgan fingerprint density at radius 2 is 2.33 bits per heavy atom. The molecule has 1 unspecified atom stereocenters. The van der Waals surface area contributed by atoms with Gasteiger partial charge in [0.2, 0.25) is 0 Å². The zero-order valence-electron chi connectivity index (χ0n) is 10.7. The molecule has 0 aromatic carbocycles. The SMILES string of the molecule is CCCN(Cc1cc(Br)c(Br)s1)C1CCCNC1. The summed E-state index contributed by atoms with van der Waals surface area (Å²) in [5.74, 6) is 0. The predicted octanol–water partition coefficient (Wildman–Crippen LogP) is 4.24. The number of thiophene rings is 1. The van der Waals surface area contributed by atoms with Crippen molar-refractivity contribution in [1.29, 1.82) is 0 Å². The van der Waals surface area contributed by atoms with Crippen LogP contribution in [0.4, 0.5) is 0 Å². The highest BCUT2D eigenvalue weighted by molar-refractivity contribution is 9.13. The minimum Gasteiger partial charge on any atom is -0.315 e. The Morgan fingerprint density at radius 3 is 2.89 bits per heavy atom. The third kappa shape index (κ3) is 4.04. The lowest BCUT2D eigenvalue weighted by atomic mass is 10.1. The molecule has 2 heterocycles. The van der Waals surface area contributed by atoms with Gasteiger partial charge in [-0.15, -0.1) is 11.3 Å². The lowest BCUT2D eigenvalue weighted by Gasteiger charge is -2.34. The second-order valence-corrected chi connectivity index (χ2v) is 8.11. The Morgan fingerprint density at radius 1 is 1.50 bits per heavy atom. The quantitative estimate of drug-likeness (QED) is 0.801. The average molecular weight is 396 g/mol. The second kappa shape index (κ2) is 7.39. The summed E-state index contributed by atoms with van der Waals surface area (Å²) >= 11 is 9.00. The summed E-state index contributed by atoms with van der Waals surface area (Å²) in [4.78, 5) is 4.07. The fourth-order valence-corrected chi connectivity index (χ4v) is 4.70. The van der Waals surface area contributed by atoms with E-state index in [1.165, 1.54) is 45.5 Å². The summed E-state index contributed by atoms with van der Waals surface area (Å²) in [6, 6.07) is 2.95. The van der Waals surface area contributed by atoms with E-state index in [0.29, 0.717) is 6.04 Å². The molecule has 0 bridgehead atoms. The molecule has 2 rings (SSSR count). The Kier molecular flexibility index (Phi) is 6.15. The van der Waals surface area contributed by atoms with Crippen molar-refractivity contribution in [2.24, 2.45) is 0 Å². The van der Waals surface area contributed by atoms with E-state index in [1.54, 1.807) is 0 Å². The average Bonchev–Trinajstić information content (AvgIpc) is 2.69. The molecule has 0 aliphatic carbocycles. The largest absolute Gasteiger partial charge is 0.315 e. The van der Waals surface area contributed by atoms with Crippen molar-refractivity contribution in [3.8, 4) is 0 Å². The van der Waals surface area contributed by atoms with Crippen LogP contribution in [0.15, 0.2) is 14.3 Å². The third-order valence-electron chi connectivity index (χ3n) is 3.35. The van der Waals surface area contributed by atoms with Crippen LogP contribution in [0, 0.1) is 0 Å². The van der Waals surface area contributed by atoms with Gasteiger partial charge in [-0.3, -0.25) is 4.90 Å². The first kappa shape index (κ1) is 15.0. The zero-order valence-corrected chi connectivity index (χ0v) is 14.7. The first-order valence-corrected chi connectivity index (χ1v) is 8.99. The number of hydrogen-bond acceptors (Lipinski definition) is 3. The topological polar surface area (TPSA) is 15.3 Å². The Balaban J connectivity index is 2.00. The highest BCUT2D eigenvalue weighted by Gasteiger charge is 2.21. The molecule has 1 aliphatic rings. The van der Waals surface area contributed by atoms with E-state index in [2.05, 4.69) is 55.1 Å². The van der Waals surface area contributed by atoms with Crippen molar-refractivity contribution in [2.75, 3.05) is 19.6 Å². The summed E-state index contributed by atoms with van der Waals surface area (Å²) in [6.45, 7) is 6.87. The van der Waals surface area contributed by atoms with Gasteiger partial charge < -0.3 is 5.32 Å². The van der Waals surface area contributed by atoms with E-state index in [9.17, 15) is 0 Å². The molecule has 2 nitrogen and oxygen atoms in total. The maximum Gasteiger partial charge on any atom is 0.0843 e. The molecule has 5 heteroatoms. The molecular formula is C13H20Br2N2S. The van der Waals surface area contributed by atoms with E-state index >= 15 is 0 Å². The number of rotatable bonds is 5. The summed E-state index contributed by atoms with van der Waals surface area (Å²) < 4.78 is 2.39. The van der Waals surface area contributed by atoms with Gasteiger partial charge in [0, 0.05) is 28.5 Å². The van der Waals surface area contributed by atoms with Crippen LogP contribution in [0.5, 0.6) is 0 Å². The number of nitrogens with one attached hydrogen (secondary N) is 1. The smallest absolute Gasteiger partial charge is 0.0843 e. The standard InChI is InChI=1S/C13H20Br2N2S/c1-2-6-17(10-4-3-5-16-8-10)9-11-7-12(14)13(15)18-11/h7,10,16H,2-6,8-9H2,1H3. The van der Waals surface area contributed by atoms with Crippen LogP contribution in [0.2, 0.25) is 0 Å². The Bertz CT molecular complexity index is 356. The molecule has 0 radical (unpaired) electrons. The van der Waals surface area contributed by atoms with E-state index in [-0.39, 0.29) is 0 Å². The molecule has 1 aromatic rings. The van der Waals surface area contributed by atoms with Gasteiger partial charge in [-0.25, -0.2) is 0 Å². The van der Waals surface area contributed by atoms with Crippen LogP contribution < -0.4 is 5.32 Å². The lowest BCUT2D eigenvalue weighted by molar-refractivity contribution is 0.159. The van der Waals surface area contributed by atoms with Gasteiger partial charge >= 0.3 is 0 Å². The molecule has 1 atom stereocenters. The first-order valence-electron chi connectivity index (χ1n) is 6.59. The maximum atomic E-state index is 3.58. The van der Waals surface area contributed by atoms with Gasteiger partial charge in [0.1, 0.15) is 0 Å². The van der Waals surface area contributed by atoms with Gasteiger partial charge in [0.25, 0.3) is 0 Å². The highest BCUT2D eigenvalue weighted by atomic mass is 79.9. The molecule has 0 amide bonds. The lowest BCUT2D eigenvalue weighted by Crippen LogP contribution is -2.45. The van der Waals surface area contributed by atoms with Gasteiger partial charge in [0.15, 0.2) is 0 Å². The Hall–Kier alpha value is 0.580. The van der Waals surface area contributed by atoms with Crippen molar-refractivity contribution >= 4 is 43.2 Å². The van der Waals surface area contributed by atoms with Crippen LogP contribution in [-0.2, 0) is 6.54 Å². The van der Waals surface area contributed by atoms with Gasteiger partial charge in [-0.1, -0.05) is 6.92 Å². The molecule has 102 valence electrons. The first-order chi connectivity index (χ1) is 8.70. The van der Waals surface area contributed by atoms with Crippen molar-refractivity contribution in [3.05, 3.63) is 19.2 Å².